The predicted molar refractivity (Wildman–Crippen MR) is 72.9 cm³/mol. The number of amides is 1. The number of hydrogen-bond donors (Lipinski definition) is 1. The van der Waals surface area contributed by atoms with Crippen molar-refractivity contribution in [2.24, 2.45) is 0 Å². The topological polar surface area (TPSA) is 85.1 Å². The van der Waals surface area contributed by atoms with Crippen LogP contribution in [-0.2, 0) is 0 Å². The van der Waals surface area contributed by atoms with Crippen LogP contribution < -0.4 is 5.32 Å². The largest absolute Gasteiger partial charge is 0.320 e. The fraction of sp³-hybridized carbons (Fsp3) is 0. The second-order valence-electron chi connectivity index (χ2n) is 3.72. The lowest BCUT2D eigenvalue weighted by Gasteiger charge is -2.06. The molecule has 0 atom stereocenters. The van der Waals surface area contributed by atoms with Crippen LogP contribution in [0, 0.1) is 15.9 Å². The first-order valence-electron chi connectivity index (χ1n) is 5.35. The number of anilines is 1. The molecule has 0 aliphatic heterocycles. The van der Waals surface area contributed by atoms with Crippen molar-refractivity contribution in [2.45, 2.75) is 0 Å². The Bertz CT molecular complexity index is 693. The molecule has 0 saturated heterocycles. The van der Waals surface area contributed by atoms with Crippen LogP contribution in [0.4, 0.5) is 15.8 Å². The van der Waals surface area contributed by atoms with Crippen LogP contribution >= 0.6 is 15.9 Å². The van der Waals surface area contributed by atoms with E-state index >= 15 is 0 Å². The van der Waals surface area contributed by atoms with Crippen molar-refractivity contribution in [2.75, 3.05) is 5.32 Å². The maximum atomic E-state index is 13.2. The van der Waals surface area contributed by atoms with Gasteiger partial charge in [-0.15, -0.1) is 0 Å². The summed E-state index contributed by atoms with van der Waals surface area (Å²) in [7, 11) is 0. The minimum atomic E-state index is -0.992. The molecule has 1 N–H and O–H groups in total. The Balaban J connectivity index is 2.28. The van der Waals surface area contributed by atoms with E-state index in [0.717, 1.165) is 12.1 Å². The van der Waals surface area contributed by atoms with Crippen LogP contribution in [-0.4, -0.2) is 15.8 Å². The van der Waals surface area contributed by atoms with Gasteiger partial charge in [-0.05, 0) is 40.2 Å². The van der Waals surface area contributed by atoms with Crippen LogP contribution in [0.1, 0.15) is 10.4 Å². The zero-order chi connectivity index (χ0) is 14.7. The highest BCUT2D eigenvalue weighted by atomic mass is 79.9. The van der Waals surface area contributed by atoms with Gasteiger partial charge >= 0.3 is 5.69 Å². The van der Waals surface area contributed by atoms with Crippen molar-refractivity contribution >= 4 is 33.2 Å². The highest BCUT2D eigenvalue weighted by Gasteiger charge is 2.18. The summed E-state index contributed by atoms with van der Waals surface area (Å²) in [5.41, 5.74) is -0.360. The molecule has 0 unspecified atom stereocenters. The van der Waals surface area contributed by atoms with Gasteiger partial charge in [-0.1, -0.05) is 0 Å². The Morgan fingerprint density at radius 2 is 2.15 bits per heavy atom. The number of nitro benzene ring substituents is 1. The number of pyridine rings is 1. The number of carbonyl (C=O) groups is 1. The van der Waals surface area contributed by atoms with Crippen molar-refractivity contribution in [1.82, 2.24) is 4.98 Å². The second kappa shape index (κ2) is 5.74. The number of aromatic nitrogens is 1. The molecule has 0 fully saturated rings. The summed E-state index contributed by atoms with van der Waals surface area (Å²) in [6.07, 6.45) is 1.53. The summed E-state index contributed by atoms with van der Waals surface area (Å²) in [5.74, 6) is -1.59. The number of benzene rings is 1. The molecule has 0 aliphatic rings. The van der Waals surface area contributed by atoms with Gasteiger partial charge in [0.2, 0.25) is 5.82 Å². The number of nitrogens with one attached hydrogen (secondary N) is 1. The van der Waals surface area contributed by atoms with Gasteiger partial charge in [0, 0.05) is 17.8 Å². The van der Waals surface area contributed by atoms with Gasteiger partial charge in [0.05, 0.1) is 10.6 Å². The molecule has 8 heteroatoms. The number of nitro groups is 1. The molecule has 0 saturated carbocycles. The van der Waals surface area contributed by atoms with Crippen molar-refractivity contribution < 1.29 is 14.1 Å². The molecule has 0 bridgehead atoms. The summed E-state index contributed by atoms with van der Waals surface area (Å²) in [4.78, 5) is 25.6. The first-order chi connectivity index (χ1) is 9.49. The van der Waals surface area contributed by atoms with Crippen molar-refractivity contribution in [3.05, 3.63) is 62.6 Å². The van der Waals surface area contributed by atoms with Crippen LogP contribution in [0.3, 0.4) is 0 Å². The Morgan fingerprint density at radius 3 is 2.80 bits per heavy atom. The van der Waals surface area contributed by atoms with Crippen LogP contribution in [0.25, 0.3) is 0 Å². The molecule has 102 valence electrons. The molecule has 0 spiro atoms. The number of hydrogen-bond acceptors (Lipinski definition) is 4. The maximum absolute atomic E-state index is 13.2. The van der Waals surface area contributed by atoms with E-state index in [9.17, 15) is 19.3 Å². The molecule has 6 nitrogen and oxygen atoms in total. The highest BCUT2D eigenvalue weighted by molar-refractivity contribution is 9.10. The second-order valence-corrected chi connectivity index (χ2v) is 4.47. The smallest absolute Gasteiger partial charge is 0.305 e. The molecular formula is C12H7BrFN3O3. The predicted octanol–water partition coefficient (Wildman–Crippen LogP) is 3.14. The number of carbonyl (C=O) groups excluding carboxylic acids is 1. The molecule has 1 aromatic heterocycles. The minimum absolute atomic E-state index is 0.0196. The van der Waals surface area contributed by atoms with E-state index < -0.39 is 22.3 Å². The first-order valence-corrected chi connectivity index (χ1v) is 6.14. The van der Waals surface area contributed by atoms with E-state index in [2.05, 4.69) is 26.2 Å². The first kappa shape index (κ1) is 14.1. The van der Waals surface area contributed by atoms with Crippen molar-refractivity contribution in [3.63, 3.8) is 0 Å². The number of nitrogens with zero attached hydrogens (tertiary/aromatic N) is 2. The summed E-state index contributed by atoms with van der Waals surface area (Å²) in [5, 5.41) is 13.1. The van der Waals surface area contributed by atoms with Gasteiger partial charge in [-0.2, -0.15) is 4.39 Å². The third-order valence-electron chi connectivity index (χ3n) is 2.41. The molecule has 20 heavy (non-hydrogen) atoms. The van der Waals surface area contributed by atoms with Crippen LogP contribution in [0.2, 0.25) is 0 Å². The maximum Gasteiger partial charge on any atom is 0.305 e. The fourth-order valence-corrected chi connectivity index (χ4v) is 1.82. The molecule has 2 aromatic rings. The lowest BCUT2D eigenvalue weighted by Crippen LogP contribution is -2.13. The average Bonchev–Trinajstić information content (AvgIpc) is 2.41. The van der Waals surface area contributed by atoms with Crippen LogP contribution in [0.15, 0.2) is 41.1 Å². The molecule has 0 aliphatic carbocycles. The minimum Gasteiger partial charge on any atom is -0.320 e. The standard InChI is InChI=1S/C12H7BrFN3O3/c13-11-9(2-1-5-15-11)16-12(18)7-3-4-8(14)10(6-7)17(19)20/h1-6H,(H,16,18). The summed E-state index contributed by atoms with van der Waals surface area (Å²) < 4.78 is 13.6. The normalized spacial score (nSPS) is 10.1. The highest BCUT2D eigenvalue weighted by Crippen LogP contribution is 2.22. The summed E-state index contributed by atoms with van der Waals surface area (Å²) >= 11 is 3.15. The molecular weight excluding hydrogens is 333 g/mol. The van der Waals surface area contributed by atoms with E-state index in [1.54, 1.807) is 12.1 Å². The monoisotopic (exact) mass is 339 g/mol. The average molecular weight is 340 g/mol. The van der Waals surface area contributed by atoms with E-state index in [-0.39, 0.29) is 5.56 Å². The third-order valence-corrected chi connectivity index (χ3v) is 3.04. The van der Waals surface area contributed by atoms with E-state index in [1.807, 2.05) is 0 Å². The Morgan fingerprint density at radius 1 is 1.40 bits per heavy atom. The van der Waals surface area contributed by atoms with Gasteiger partial charge in [0.15, 0.2) is 0 Å². The zero-order valence-corrected chi connectivity index (χ0v) is 11.4. The van der Waals surface area contributed by atoms with Gasteiger partial charge in [0.25, 0.3) is 5.91 Å². The van der Waals surface area contributed by atoms with E-state index in [4.69, 9.17) is 0 Å². The number of rotatable bonds is 3. The number of halogens is 2. The molecule has 1 heterocycles. The lowest BCUT2D eigenvalue weighted by atomic mass is 10.2. The molecule has 2 rings (SSSR count). The summed E-state index contributed by atoms with van der Waals surface area (Å²) in [6, 6.07) is 6.16. The third kappa shape index (κ3) is 2.97. The van der Waals surface area contributed by atoms with Crippen molar-refractivity contribution in [3.8, 4) is 0 Å². The zero-order valence-electron chi connectivity index (χ0n) is 9.84. The quantitative estimate of drug-likeness (QED) is 0.528. The van der Waals surface area contributed by atoms with Crippen LogP contribution in [0.5, 0.6) is 0 Å². The Hall–Kier alpha value is -2.35. The molecule has 1 amide bonds. The van der Waals surface area contributed by atoms with Gasteiger partial charge in [-0.3, -0.25) is 14.9 Å². The van der Waals surface area contributed by atoms with Gasteiger partial charge in [0.1, 0.15) is 4.60 Å². The van der Waals surface area contributed by atoms with Gasteiger partial charge < -0.3 is 5.32 Å². The Labute approximate surface area is 120 Å². The fourth-order valence-electron chi connectivity index (χ4n) is 1.47. The molecule has 0 radical (unpaired) electrons. The van der Waals surface area contributed by atoms with E-state index in [1.165, 1.54) is 12.3 Å². The van der Waals surface area contributed by atoms with Crippen molar-refractivity contribution in [1.29, 1.82) is 0 Å². The Kier molecular flexibility index (Phi) is 4.04. The SMILES string of the molecule is O=C(Nc1cccnc1Br)c1ccc(F)c([N+](=O)[O-])c1. The molecule has 1 aromatic carbocycles. The van der Waals surface area contributed by atoms with E-state index in [0.29, 0.717) is 10.3 Å². The lowest BCUT2D eigenvalue weighted by molar-refractivity contribution is -0.387. The van der Waals surface area contributed by atoms with Gasteiger partial charge in [-0.25, -0.2) is 4.98 Å². The summed E-state index contributed by atoms with van der Waals surface area (Å²) in [6.45, 7) is 0.